The second-order valence-electron chi connectivity index (χ2n) is 4.33. The Bertz CT molecular complexity index is 708. The maximum Gasteiger partial charge on any atom is 0.322 e. The van der Waals surface area contributed by atoms with Gasteiger partial charge in [-0.3, -0.25) is 9.35 Å². The number of carbonyl (C=O) groups is 1. The number of hydrogen-bond donors (Lipinski definition) is 5. The van der Waals surface area contributed by atoms with Gasteiger partial charge < -0.3 is 21.5 Å². The monoisotopic (exact) mass is 367 g/mol. The fourth-order valence-corrected chi connectivity index (χ4v) is 2.40. The number of anilines is 1. The minimum Gasteiger partial charge on any atom is -0.480 e. The normalized spacial score (nSPS) is 12.5. The minimum absolute atomic E-state index is 0.0309. The Morgan fingerprint density at radius 2 is 2.09 bits per heavy atom. The molecule has 0 saturated carbocycles. The summed E-state index contributed by atoms with van der Waals surface area (Å²) >= 11 is 10.9. The van der Waals surface area contributed by atoms with Gasteiger partial charge in [0.1, 0.15) is 6.04 Å². The van der Waals surface area contributed by atoms with Gasteiger partial charge in [0.25, 0.3) is 10.1 Å². The summed E-state index contributed by atoms with van der Waals surface area (Å²) in [5.41, 5.74) is 6.06. The van der Waals surface area contributed by atoms with E-state index in [0.29, 0.717) is 5.56 Å². The number of carboxylic acid groups (broad SMARTS) is 1. The molecule has 0 bridgehead atoms. The van der Waals surface area contributed by atoms with Gasteiger partial charge in [-0.15, -0.1) is 0 Å². The molecule has 1 aromatic rings. The Balaban J connectivity index is 2.91. The standard InChI is InChI=1S/C11H14ClN3O5S2/c1-5-7(12)2-6(22(18,19)20)3-9(5)15-11(21)14-4-8(13)10(16)17/h2-3,8H,4,13H2,1H3,(H,16,17)(H2,14,15,21)(H,18,19,20)/t8-/m0/s1. The van der Waals surface area contributed by atoms with E-state index in [1.165, 1.54) is 0 Å². The van der Waals surface area contributed by atoms with E-state index >= 15 is 0 Å². The molecule has 0 saturated heterocycles. The Kier molecular flexibility index (Phi) is 6.08. The van der Waals surface area contributed by atoms with Crippen LogP contribution in [0.2, 0.25) is 5.02 Å². The highest BCUT2D eigenvalue weighted by atomic mass is 35.5. The van der Waals surface area contributed by atoms with Crippen LogP contribution in [0.3, 0.4) is 0 Å². The van der Waals surface area contributed by atoms with E-state index in [4.69, 9.17) is 39.2 Å². The Morgan fingerprint density at radius 1 is 1.50 bits per heavy atom. The SMILES string of the molecule is Cc1c(Cl)cc(S(=O)(=O)O)cc1NC(=S)NC[C@H](N)C(=O)O. The molecule has 1 atom stereocenters. The van der Waals surface area contributed by atoms with Gasteiger partial charge in [0.2, 0.25) is 0 Å². The number of carboxylic acids is 1. The summed E-state index contributed by atoms with van der Waals surface area (Å²) < 4.78 is 31.4. The molecule has 11 heteroatoms. The van der Waals surface area contributed by atoms with E-state index in [-0.39, 0.29) is 22.4 Å². The van der Waals surface area contributed by atoms with Gasteiger partial charge in [-0.2, -0.15) is 8.42 Å². The van der Waals surface area contributed by atoms with Crippen LogP contribution in [0, 0.1) is 6.92 Å². The highest BCUT2D eigenvalue weighted by Gasteiger charge is 2.16. The second-order valence-corrected chi connectivity index (χ2v) is 6.57. The van der Waals surface area contributed by atoms with Crippen LogP contribution in [-0.4, -0.2) is 41.7 Å². The van der Waals surface area contributed by atoms with Gasteiger partial charge >= 0.3 is 5.97 Å². The third-order valence-corrected chi connectivity index (χ3v) is 4.13. The number of benzene rings is 1. The molecule has 0 aromatic heterocycles. The molecule has 6 N–H and O–H groups in total. The molecule has 22 heavy (non-hydrogen) atoms. The van der Waals surface area contributed by atoms with Crippen LogP contribution in [-0.2, 0) is 14.9 Å². The maximum atomic E-state index is 11.2. The van der Waals surface area contributed by atoms with Crippen molar-refractivity contribution < 1.29 is 22.9 Å². The van der Waals surface area contributed by atoms with Crippen molar-refractivity contribution in [1.29, 1.82) is 0 Å². The predicted molar refractivity (Wildman–Crippen MR) is 85.8 cm³/mol. The number of rotatable bonds is 5. The topological polar surface area (TPSA) is 142 Å². The predicted octanol–water partition coefficient (Wildman–Crippen LogP) is 0.593. The van der Waals surface area contributed by atoms with Crippen LogP contribution in [0.1, 0.15) is 5.56 Å². The lowest BCUT2D eigenvalue weighted by Gasteiger charge is -2.15. The third kappa shape index (κ3) is 5.07. The van der Waals surface area contributed by atoms with Crippen LogP contribution in [0.15, 0.2) is 17.0 Å². The van der Waals surface area contributed by atoms with Crippen molar-refractivity contribution in [3.8, 4) is 0 Å². The Labute approximate surface area is 137 Å². The van der Waals surface area contributed by atoms with Gasteiger partial charge in [-0.25, -0.2) is 0 Å². The largest absolute Gasteiger partial charge is 0.480 e. The lowest BCUT2D eigenvalue weighted by Crippen LogP contribution is -2.43. The van der Waals surface area contributed by atoms with Gasteiger partial charge in [0.05, 0.1) is 4.90 Å². The summed E-state index contributed by atoms with van der Waals surface area (Å²) in [4.78, 5) is 10.2. The smallest absolute Gasteiger partial charge is 0.322 e. The first kappa shape index (κ1) is 18.6. The number of nitrogens with two attached hydrogens (primary N) is 1. The van der Waals surface area contributed by atoms with E-state index in [0.717, 1.165) is 12.1 Å². The quantitative estimate of drug-likeness (QED) is 0.373. The van der Waals surface area contributed by atoms with Crippen LogP contribution in [0.5, 0.6) is 0 Å². The lowest BCUT2D eigenvalue weighted by atomic mass is 10.2. The van der Waals surface area contributed by atoms with Gasteiger partial charge in [0, 0.05) is 17.3 Å². The molecule has 0 aliphatic heterocycles. The molecule has 122 valence electrons. The Morgan fingerprint density at radius 3 is 2.59 bits per heavy atom. The van der Waals surface area contributed by atoms with E-state index in [1.54, 1.807) is 6.92 Å². The zero-order valence-corrected chi connectivity index (χ0v) is 13.7. The van der Waals surface area contributed by atoms with Crippen LogP contribution in [0.25, 0.3) is 0 Å². The summed E-state index contributed by atoms with van der Waals surface area (Å²) in [5, 5.41) is 14.0. The lowest BCUT2D eigenvalue weighted by molar-refractivity contribution is -0.138. The minimum atomic E-state index is -4.42. The summed E-state index contributed by atoms with van der Waals surface area (Å²) in [6, 6.07) is 1.11. The second kappa shape index (κ2) is 7.20. The molecule has 8 nitrogen and oxygen atoms in total. The first-order valence-electron chi connectivity index (χ1n) is 5.83. The van der Waals surface area contributed by atoms with E-state index < -0.39 is 27.0 Å². The van der Waals surface area contributed by atoms with Crippen molar-refractivity contribution in [2.45, 2.75) is 17.9 Å². The van der Waals surface area contributed by atoms with Crippen molar-refractivity contribution in [1.82, 2.24) is 5.32 Å². The van der Waals surface area contributed by atoms with Gasteiger partial charge in [-0.1, -0.05) is 11.6 Å². The molecule has 1 rings (SSSR count). The zero-order valence-electron chi connectivity index (χ0n) is 11.3. The number of aliphatic carboxylic acids is 1. The number of hydrogen-bond acceptors (Lipinski definition) is 5. The summed E-state index contributed by atoms with van der Waals surface area (Å²) in [6.07, 6.45) is 0. The average molecular weight is 368 g/mol. The van der Waals surface area contributed by atoms with Crippen molar-refractivity contribution in [3.05, 3.63) is 22.7 Å². The molecule has 0 aliphatic rings. The average Bonchev–Trinajstić information content (AvgIpc) is 2.39. The molecule has 0 fully saturated rings. The fraction of sp³-hybridized carbons (Fsp3) is 0.273. The fourth-order valence-electron chi connectivity index (χ4n) is 1.39. The zero-order chi connectivity index (χ0) is 17.1. The highest BCUT2D eigenvalue weighted by Crippen LogP contribution is 2.27. The van der Waals surface area contributed by atoms with Crippen molar-refractivity contribution in [2.75, 3.05) is 11.9 Å². The van der Waals surface area contributed by atoms with Crippen LogP contribution >= 0.6 is 23.8 Å². The van der Waals surface area contributed by atoms with Crippen molar-refractivity contribution >= 4 is 50.7 Å². The van der Waals surface area contributed by atoms with Crippen LogP contribution < -0.4 is 16.4 Å². The number of halogens is 1. The first-order chi connectivity index (χ1) is 10.0. The molecular formula is C11H14ClN3O5S2. The summed E-state index contributed by atoms with van der Waals surface area (Å²) in [5.74, 6) is -1.19. The Hall–Kier alpha value is -1.46. The van der Waals surface area contributed by atoms with Crippen molar-refractivity contribution in [3.63, 3.8) is 0 Å². The van der Waals surface area contributed by atoms with E-state index in [2.05, 4.69) is 10.6 Å². The van der Waals surface area contributed by atoms with Gasteiger partial charge in [-0.05, 0) is 36.8 Å². The number of thiocarbonyl (C=S) groups is 1. The molecular weight excluding hydrogens is 354 g/mol. The van der Waals surface area contributed by atoms with Crippen molar-refractivity contribution in [2.24, 2.45) is 5.73 Å². The van der Waals surface area contributed by atoms with E-state index in [1.807, 2.05) is 0 Å². The molecule has 0 amide bonds. The molecule has 1 aromatic carbocycles. The molecule has 0 radical (unpaired) electrons. The molecule has 0 unspecified atom stereocenters. The molecule has 0 spiro atoms. The van der Waals surface area contributed by atoms with E-state index in [9.17, 15) is 13.2 Å². The highest BCUT2D eigenvalue weighted by molar-refractivity contribution is 7.85. The third-order valence-electron chi connectivity index (χ3n) is 2.66. The molecule has 0 heterocycles. The molecule has 0 aliphatic carbocycles. The maximum absolute atomic E-state index is 11.2. The number of nitrogens with one attached hydrogen (secondary N) is 2. The van der Waals surface area contributed by atoms with Crippen LogP contribution in [0.4, 0.5) is 5.69 Å². The summed E-state index contributed by atoms with van der Waals surface area (Å²) in [7, 11) is -4.42. The first-order valence-corrected chi connectivity index (χ1v) is 8.06. The summed E-state index contributed by atoms with van der Waals surface area (Å²) in [6.45, 7) is 1.50. The van der Waals surface area contributed by atoms with Gasteiger partial charge in [0.15, 0.2) is 5.11 Å².